The van der Waals surface area contributed by atoms with Crippen molar-refractivity contribution in [2.24, 2.45) is 0 Å². The third-order valence-electron chi connectivity index (χ3n) is 10.8. The zero-order chi connectivity index (χ0) is 32.1. The van der Waals surface area contributed by atoms with E-state index in [0.717, 1.165) is 61.1 Å². The third kappa shape index (κ3) is 3.50. The second-order valence-corrected chi connectivity index (χ2v) is 13.1. The maximum absolute atomic E-state index is 6.84. The summed E-state index contributed by atoms with van der Waals surface area (Å²) in [7, 11) is 0. The molecule has 0 N–H and O–H groups in total. The molecule has 0 saturated carbocycles. The summed E-state index contributed by atoms with van der Waals surface area (Å²) in [5, 5.41) is 4.57. The number of hydrogen-bond acceptors (Lipinski definition) is 2. The molecule has 8 aromatic carbocycles. The van der Waals surface area contributed by atoms with E-state index >= 15 is 0 Å². The molecule has 0 amide bonds. The number of hydrogen-bond donors (Lipinski definition) is 0. The molecule has 2 aliphatic rings. The summed E-state index contributed by atoms with van der Waals surface area (Å²) < 4.78 is 13.4. The summed E-state index contributed by atoms with van der Waals surface area (Å²) in [6.07, 6.45) is 0. The molecule has 9 aromatic rings. The predicted octanol–water partition coefficient (Wildman–Crippen LogP) is 12.5. The number of furan rings is 1. The van der Waals surface area contributed by atoms with Crippen LogP contribution in [-0.2, 0) is 5.41 Å². The van der Waals surface area contributed by atoms with Gasteiger partial charge in [0, 0.05) is 27.3 Å². The van der Waals surface area contributed by atoms with Gasteiger partial charge in [0.15, 0.2) is 0 Å². The van der Waals surface area contributed by atoms with E-state index in [1.807, 2.05) is 0 Å². The van der Waals surface area contributed by atoms with Crippen molar-refractivity contribution in [2.75, 3.05) is 0 Å². The van der Waals surface area contributed by atoms with Crippen LogP contribution in [0.5, 0.6) is 11.5 Å². The molecule has 2 nitrogen and oxygen atoms in total. The summed E-state index contributed by atoms with van der Waals surface area (Å²) >= 11 is 0. The highest BCUT2D eigenvalue weighted by molar-refractivity contribution is 6.19. The largest absolute Gasteiger partial charge is 0.457 e. The molecule has 0 radical (unpaired) electrons. The summed E-state index contributed by atoms with van der Waals surface area (Å²) in [5.41, 5.74) is 13.4. The van der Waals surface area contributed by atoms with Gasteiger partial charge in [-0.05, 0) is 74.2 Å². The van der Waals surface area contributed by atoms with Crippen LogP contribution in [0.1, 0.15) is 22.3 Å². The molecule has 1 aromatic heterocycles. The van der Waals surface area contributed by atoms with Crippen molar-refractivity contribution in [3.8, 4) is 44.9 Å². The second kappa shape index (κ2) is 9.82. The first-order chi connectivity index (χ1) is 24.3. The molecule has 228 valence electrons. The van der Waals surface area contributed by atoms with Crippen LogP contribution in [0, 0.1) is 0 Å². The minimum absolute atomic E-state index is 0.473. The molecule has 0 saturated heterocycles. The maximum atomic E-state index is 6.84. The molecular weight excluding hydrogens is 597 g/mol. The Balaban J connectivity index is 1.15. The lowest BCUT2D eigenvalue weighted by Crippen LogP contribution is -2.32. The minimum atomic E-state index is -0.473. The van der Waals surface area contributed by atoms with E-state index < -0.39 is 5.41 Å². The normalized spacial score (nSPS) is 13.6. The molecule has 1 aliphatic heterocycles. The monoisotopic (exact) mass is 624 g/mol. The Kier molecular flexibility index (Phi) is 5.34. The van der Waals surface area contributed by atoms with Crippen molar-refractivity contribution in [1.29, 1.82) is 0 Å². The Morgan fingerprint density at radius 3 is 1.84 bits per heavy atom. The Hall–Kier alpha value is -6.38. The number of para-hydroxylation sites is 1. The van der Waals surface area contributed by atoms with Crippen LogP contribution in [0.25, 0.3) is 66.1 Å². The third-order valence-corrected chi connectivity index (χ3v) is 10.8. The molecule has 0 unspecified atom stereocenters. The van der Waals surface area contributed by atoms with E-state index in [2.05, 4.69) is 170 Å². The summed E-state index contributed by atoms with van der Waals surface area (Å²) in [5.74, 6) is 1.78. The van der Waals surface area contributed by atoms with Gasteiger partial charge in [0.05, 0.1) is 5.41 Å². The lowest BCUT2D eigenvalue weighted by molar-refractivity contribution is 0.436. The minimum Gasteiger partial charge on any atom is -0.457 e. The SMILES string of the molecule is c1ccc2c(c1)Oc1cc(-c3ccccc3-c3cccc4oc5c6ccccc6ccc5c34)ccc1C21c2ccccc2-c2ccccc21. The summed E-state index contributed by atoms with van der Waals surface area (Å²) in [6.45, 7) is 0. The molecule has 2 heteroatoms. The van der Waals surface area contributed by atoms with Crippen molar-refractivity contribution in [3.05, 3.63) is 192 Å². The van der Waals surface area contributed by atoms with Crippen LogP contribution in [0.2, 0.25) is 0 Å². The first-order valence-electron chi connectivity index (χ1n) is 16.8. The van der Waals surface area contributed by atoms with Crippen LogP contribution < -0.4 is 4.74 Å². The highest BCUT2D eigenvalue weighted by atomic mass is 16.5. The average Bonchev–Trinajstić information content (AvgIpc) is 3.70. The van der Waals surface area contributed by atoms with Gasteiger partial charge in [-0.3, -0.25) is 0 Å². The quantitative estimate of drug-likeness (QED) is 0.191. The molecule has 0 bridgehead atoms. The Morgan fingerprint density at radius 2 is 1.02 bits per heavy atom. The van der Waals surface area contributed by atoms with Crippen LogP contribution >= 0.6 is 0 Å². The van der Waals surface area contributed by atoms with Gasteiger partial charge in [-0.1, -0.05) is 146 Å². The van der Waals surface area contributed by atoms with E-state index in [1.54, 1.807) is 0 Å². The van der Waals surface area contributed by atoms with Gasteiger partial charge < -0.3 is 9.15 Å². The van der Waals surface area contributed by atoms with Crippen LogP contribution in [-0.4, -0.2) is 0 Å². The van der Waals surface area contributed by atoms with Gasteiger partial charge in [-0.15, -0.1) is 0 Å². The van der Waals surface area contributed by atoms with Crippen LogP contribution in [0.4, 0.5) is 0 Å². The fraction of sp³-hybridized carbons (Fsp3) is 0.0213. The van der Waals surface area contributed by atoms with Gasteiger partial charge in [0.2, 0.25) is 0 Å². The van der Waals surface area contributed by atoms with Gasteiger partial charge in [0.25, 0.3) is 0 Å². The van der Waals surface area contributed by atoms with Gasteiger partial charge in [-0.25, -0.2) is 0 Å². The fourth-order valence-electron chi connectivity index (χ4n) is 8.78. The van der Waals surface area contributed by atoms with Crippen molar-refractivity contribution in [1.82, 2.24) is 0 Å². The lowest BCUT2D eigenvalue weighted by atomic mass is 9.66. The van der Waals surface area contributed by atoms with Gasteiger partial charge >= 0.3 is 0 Å². The van der Waals surface area contributed by atoms with Crippen molar-refractivity contribution < 1.29 is 9.15 Å². The highest BCUT2D eigenvalue weighted by Crippen LogP contribution is 2.62. The van der Waals surface area contributed by atoms with Crippen molar-refractivity contribution >= 4 is 32.7 Å². The van der Waals surface area contributed by atoms with Crippen molar-refractivity contribution in [3.63, 3.8) is 0 Å². The Morgan fingerprint density at radius 1 is 0.388 bits per heavy atom. The molecule has 49 heavy (non-hydrogen) atoms. The molecular formula is C47H28O2. The molecule has 11 rings (SSSR count). The first-order valence-corrected chi connectivity index (χ1v) is 16.8. The van der Waals surface area contributed by atoms with E-state index in [9.17, 15) is 0 Å². The zero-order valence-electron chi connectivity index (χ0n) is 26.5. The Labute approximate surface area is 283 Å². The molecule has 0 fully saturated rings. The Bertz CT molecular complexity index is 2770. The molecule has 2 heterocycles. The second-order valence-electron chi connectivity index (χ2n) is 13.1. The van der Waals surface area contributed by atoms with Crippen LogP contribution in [0.15, 0.2) is 174 Å². The summed E-state index contributed by atoms with van der Waals surface area (Å²) in [6, 6.07) is 61.0. The highest BCUT2D eigenvalue weighted by Gasteiger charge is 2.50. The molecule has 1 aliphatic carbocycles. The van der Waals surface area contributed by atoms with Crippen molar-refractivity contribution in [2.45, 2.75) is 5.41 Å². The lowest BCUT2D eigenvalue weighted by Gasteiger charge is -2.39. The van der Waals surface area contributed by atoms with E-state index in [1.165, 1.54) is 38.8 Å². The van der Waals surface area contributed by atoms with E-state index in [0.29, 0.717) is 0 Å². The standard InChI is InChI=1S/C47H28O2/c1-2-14-32-29(12-1)24-26-37-45-36(18-11-23-43(45)49-46(32)37)33-15-4-3-13-31(33)30-25-27-41-44(28-30)48-42-22-10-9-21-40(42)47(41)38-19-7-5-16-34(38)35-17-6-8-20-39(35)47/h1-28H. The zero-order valence-corrected chi connectivity index (χ0v) is 26.5. The van der Waals surface area contributed by atoms with E-state index in [4.69, 9.17) is 9.15 Å². The van der Waals surface area contributed by atoms with Gasteiger partial charge in [-0.2, -0.15) is 0 Å². The number of benzene rings is 8. The molecule has 0 atom stereocenters. The summed E-state index contributed by atoms with van der Waals surface area (Å²) in [4.78, 5) is 0. The van der Waals surface area contributed by atoms with E-state index in [-0.39, 0.29) is 0 Å². The van der Waals surface area contributed by atoms with Gasteiger partial charge in [0.1, 0.15) is 22.7 Å². The average molecular weight is 625 g/mol. The predicted molar refractivity (Wildman–Crippen MR) is 199 cm³/mol. The molecule has 1 spiro atoms. The number of fused-ring (bicyclic) bond motifs is 14. The smallest absolute Gasteiger partial charge is 0.143 e. The first kappa shape index (κ1) is 26.7. The number of rotatable bonds is 2. The fourth-order valence-corrected chi connectivity index (χ4v) is 8.78. The number of ether oxygens (including phenoxy) is 1. The maximum Gasteiger partial charge on any atom is 0.143 e. The topological polar surface area (TPSA) is 22.4 Å². The van der Waals surface area contributed by atoms with Crippen LogP contribution in [0.3, 0.4) is 0 Å².